The maximum absolute atomic E-state index is 5.48. The average Bonchev–Trinajstić information content (AvgIpc) is 1.27. The molecule has 0 saturated heterocycles. The summed E-state index contributed by atoms with van der Waals surface area (Å²) in [6.07, 6.45) is 0.932. The predicted octanol–water partition coefficient (Wildman–Crippen LogP) is 2.79. The van der Waals surface area contributed by atoms with Gasteiger partial charge < -0.3 is 0 Å². The van der Waals surface area contributed by atoms with E-state index in [9.17, 15) is 0 Å². The molecule has 0 heterocycles. The molecule has 0 aromatic rings. The molecule has 0 rings (SSSR count). The molecule has 0 bridgehead atoms. The molecule has 42 valence electrons. The summed E-state index contributed by atoms with van der Waals surface area (Å²) >= 11 is 5.48. The minimum absolute atomic E-state index is 0.644. The van der Waals surface area contributed by atoms with E-state index >= 15 is 0 Å². The largest absolute Gasteiger partial charge is 0.0898 e. The van der Waals surface area contributed by atoms with Gasteiger partial charge in [0.2, 0.25) is 0 Å². The van der Waals surface area contributed by atoms with E-state index in [4.69, 9.17) is 11.6 Å². The van der Waals surface area contributed by atoms with E-state index < -0.39 is 0 Å². The first kappa shape index (κ1) is 7.03. The minimum Gasteiger partial charge on any atom is -0.0898 e. The van der Waals surface area contributed by atoms with E-state index in [0.717, 1.165) is 11.5 Å². The van der Waals surface area contributed by atoms with Gasteiger partial charge in [-0.3, -0.25) is 0 Å². The molecule has 0 aromatic carbocycles. The van der Waals surface area contributed by atoms with Crippen molar-refractivity contribution < 1.29 is 0 Å². The Balaban J connectivity index is 3.13. The van der Waals surface area contributed by atoms with E-state index in [2.05, 4.69) is 20.4 Å². The van der Waals surface area contributed by atoms with E-state index in [1.807, 2.05) is 0 Å². The van der Waals surface area contributed by atoms with Crippen molar-refractivity contribution in [2.45, 2.75) is 20.3 Å². The molecule has 0 saturated carbocycles. The molecule has 0 amide bonds. The lowest BCUT2D eigenvalue weighted by Crippen LogP contribution is -1.83. The monoisotopic (exact) mass is 118 g/mol. The van der Waals surface area contributed by atoms with Crippen molar-refractivity contribution >= 4 is 11.6 Å². The highest BCUT2D eigenvalue weighted by atomic mass is 35.5. The van der Waals surface area contributed by atoms with Crippen molar-refractivity contribution in [3.63, 3.8) is 0 Å². The van der Waals surface area contributed by atoms with Gasteiger partial charge >= 0.3 is 0 Å². The molecule has 7 heavy (non-hydrogen) atoms. The number of rotatable bonds is 2. The Hall–Kier alpha value is 0.0300. The van der Waals surface area contributed by atoms with Crippen LogP contribution in [0.4, 0.5) is 0 Å². The zero-order valence-corrected chi connectivity index (χ0v) is 5.63. The number of halogens is 1. The van der Waals surface area contributed by atoms with Crippen LogP contribution in [0.1, 0.15) is 20.3 Å². The molecule has 0 unspecified atom stereocenters. The van der Waals surface area contributed by atoms with Gasteiger partial charge in [0.1, 0.15) is 0 Å². The highest BCUT2D eigenvalue weighted by Crippen LogP contribution is 2.10. The zero-order valence-electron chi connectivity index (χ0n) is 4.87. The van der Waals surface area contributed by atoms with Crippen LogP contribution in [-0.2, 0) is 0 Å². The van der Waals surface area contributed by atoms with Gasteiger partial charge in [-0.15, -0.1) is 0 Å². The smallest absolute Gasteiger partial charge is 0.0111 e. The second-order valence-corrected chi connectivity index (χ2v) is 2.65. The molecular formula is C6H11Cl. The van der Waals surface area contributed by atoms with Crippen molar-refractivity contribution in [2.24, 2.45) is 5.92 Å². The quantitative estimate of drug-likeness (QED) is 0.523. The van der Waals surface area contributed by atoms with Gasteiger partial charge in [-0.25, -0.2) is 0 Å². The summed E-state index contributed by atoms with van der Waals surface area (Å²) in [5.74, 6) is 0.644. The number of allylic oxidation sites excluding steroid dienone is 1. The fraction of sp³-hybridized carbons (Fsp3) is 0.667. The maximum atomic E-state index is 5.48. The second-order valence-electron chi connectivity index (χ2n) is 2.12. The second kappa shape index (κ2) is 3.09. The van der Waals surface area contributed by atoms with Gasteiger partial charge in [0.05, 0.1) is 0 Å². The molecule has 0 spiro atoms. The van der Waals surface area contributed by atoms with Crippen LogP contribution < -0.4 is 0 Å². The summed E-state index contributed by atoms with van der Waals surface area (Å²) in [4.78, 5) is 0. The van der Waals surface area contributed by atoms with E-state index in [-0.39, 0.29) is 0 Å². The Morgan fingerprint density at radius 2 is 2.14 bits per heavy atom. The Labute approximate surface area is 50.2 Å². The molecule has 0 aliphatic rings. The minimum atomic E-state index is 0.644. The molecule has 1 heteroatoms. The average molecular weight is 119 g/mol. The number of hydrogen-bond donors (Lipinski definition) is 0. The fourth-order valence-electron chi connectivity index (χ4n) is 0.443. The summed E-state index contributed by atoms with van der Waals surface area (Å²) < 4.78 is 0. The van der Waals surface area contributed by atoms with Crippen molar-refractivity contribution in [1.29, 1.82) is 0 Å². The Kier molecular flexibility index (Phi) is 3.10. The summed E-state index contributed by atoms with van der Waals surface area (Å²) in [5, 5.41) is 0.759. The van der Waals surface area contributed by atoms with Crippen LogP contribution in [-0.4, -0.2) is 0 Å². The Morgan fingerprint density at radius 3 is 2.14 bits per heavy atom. The first-order chi connectivity index (χ1) is 3.13. The van der Waals surface area contributed by atoms with Gasteiger partial charge in [0.25, 0.3) is 0 Å². The SMILES string of the molecule is C=C(Cl)CC(C)C. The maximum Gasteiger partial charge on any atom is 0.0111 e. The molecule has 0 N–H and O–H groups in total. The molecule has 0 atom stereocenters. The lowest BCUT2D eigenvalue weighted by Gasteiger charge is -1.98. The summed E-state index contributed by atoms with van der Waals surface area (Å²) in [6.45, 7) is 7.80. The third kappa shape index (κ3) is 6.03. The third-order valence-corrected chi connectivity index (χ3v) is 0.784. The van der Waals surface area contributed by atoms with Crippen LogP contribution in [0.15, 0.2) is 11.6 Å². The number of hydrogen-bond acceptors (Lipinski definition) is 0. The molecule has 0 aliphatic heterocycles. The topological polar surface area (TPSA) is 0 Å². The van der Waals surface area contributed by atoms with Crippen molar-refractivity contribution in [1.82, 2.24) is 0 Å². The molecular weight excluding hydrogens is 108 g/mol. The molecule has 0 nitrogen and oxygen atoms in total. The lowest BCUT2D eigenvalue weighted by molar-refractivity contribution is 0.658. The van der Waals surface area contributed by atoms with Gasteiger partial charge in [0, 0.05) is 5.03 Å². The van der Waals surface area contributed by atoms with Crippen molar-refractivity contribution in [2.75, 3.05) is 0 Å². The summed E-state index contributed by atoms with van der Waals surface area (Å²) in [6, 6.07) is 0. The predicted molar refractivity (Wildman–Crippen MR) is 34.4 cm³/mol. The molecule has 0 radical (unpaired) electrons. The molecule has 0 aromatic heterocycles. The van der Waals surface area contributed by atoms with Crippen LogP contribution >= 0.6 is 11.6 Å². The lowest BCUT2D eigenvalue weighted by atomic mass is 10.1. The summed E-state index contributed by atoms with van der Waals surface area (Å²) in [7, 11) is 0. The fourth-order valence-corrected chi connectivity index (χ4v) is 0.752. The van der Waals surface area contributed by atoms with E-state index in [1.165, 1.54) is 0 Å². The molecule has 0 fully saturated rings. The van der Waals surface area contributed by atoms with Crippen LogP contribution in [0.2, 0.25) is 0 Å². The normalized spacial score (nSPS) is 9.71. The Morgan fingerprint density at radius 1 is 1.71 bits per heavy atom. The van der Waals surface area contributed by atoms with E-state index in [1.54, 1.807) is 0 Å². The van der Waals surface area contributed by atoms with Crippen LogP contribution in [0.25, 0.3) is 0 Å². The Bertz CT molecular complexity index is 64.6. The third-order valence-electron chi connectivity index (χ3n) is 0.630. The zero-order chi connectivity index (χ0) is 5.86. The summed E-state index contributed by atoms with van der Waals surface area (Å²) in [5.41, 5.74) is 0. The van der Waals surface area contributed by atoms with Crippen molar-refractivity contribution in [3.05, 3.63) is 11.6 Å². The standard InChI is InChI=1S/C6H11Cl/c1-5(2)4-6(3)7/h5H,3-4H2,1-2H3. The first-order valence-electron chi connectivity index (χ1n) is 2.46. The van der Waals surface area contributed by atoms with Gasteiger partial charge in [0.15, 0.2) is 0 Å². The van der Waals surface area contributed by atoms with Gasteiger partial charge in [-0.1, -0.05) is 32.0 Å². The van der Waals surface area contributed by atoms with Crippen molar-refractivity contribution in [3.8, 4) is 0 Å². The highest BCUT2D eigenvalue weighted by molar-refractivity contribution is 6.29. The van der Waals surface area contributed by atoms with Crippen LogP contribution in [0, 0.1) is 5.92 Å². The van der Waals surface area contributed by atoms with Crippen LogP contribution in [0.5, 0.6) is 0 Å². The first-order valence-corrected chi connectivity index (χ1v) is 2.84. The molecule has 0 aliphatic carbocycles. The highest BCUT2D eigenvalue weighted by Gasteiger charge is 1.92. The van der Waals surface area contributed by atoms with Crippen LogP contribution in [0.3, 0.4) is 0 Å². The van der Waals surface area contributed by atoms with Gasteiger partial charge in [-0.05, 0) is 12.3 Å². The van der Waals surface area contributed by atoms with Gasteiger partial charge in [-0.2, -0.15) is 0 Å². The van der Waals surface area contributed by atoms with E-state index in [0.29, 0.717) is 5.92 Å².